The second-order valence-electron chi connectivity index (χ2n) is 7.12. The Morgan fingerprint density at radius 3 is 3.00 bits per heavy atom. The number of aromatic amines is 1. The molecule has 28 heavy (non-hydrogen) atoms. The van der Waals surface area contributed by atoms with Gasteiger partial charge in [-0.3, -0.25) is 4.79 Å². The Balaban J connectivity index is 1.73. The molecule has 3 heterocycles. The number of benzene rings is 1. The van der Waals surface area contributed by atoms with Gasteiger partial charge in [0.2, 0.25) is 0 Å². The zero-order chi connectivity index (χ0) is 19.8. The maximum atomic E-state index is 11.9. The number of rotatable bonds is 4. The molecule has 0 amide bonds. The van der Waals surface area contributed by atoms with Crippen molar-refractivity contribution in [2.75, 3.05) is 11.3 Å². The summed E-state index contributed by atoms with van der Waals surface area (Å²) < 4.78 is 4.66. The second-order valence-corrected chi connectivity index (χ2v) is 7.78. The van der Waals surface area contributed by atoms with Crippen LogP contribution in [-0.2, 0) is 0 Å². The van der Waals surface area contributed by atoms with Crippen LogP contribution in [0.2, 0.25) is 5.02 Å². The number of hydrogen-bond donors (Lipinski definition) is 3. The molecule has 0 saturated carbocycles. The molecule has 2 N–H and O–H groups in total. The fourth-order valence-electron chi connectivity index (χ4n) is 3.79. The lowest BCUT2D eigenvalue weighted by Crippen LogP contribution is -2.32. The van der Waals surface area contributed by atoms with Crippen LogP contribution in [0.25, 0.3) is 11.3 Å². The number of piperidine rings is 1. The van der Waals surface area contributed by atoms with E-state index in [1.165, 1.54) is 0 Å². The predicted octanol–water partition coefficient (Wildman–Crippen LogP) is 4.44. The molecule has 0 aliphatic carbocycles. The van der Waals surface area contributed by atoms with Gasteiger partial charge >= 0.3 is 0 Å². The molecule has 0 spiro atoms. The van der Waals surface area contributed by atoms with Gasteiger partial charge in [0.05, 0.1) is 17.4 Å². The molecule has 6 nitrogen and oxygen atoms in total. The van der Waals surface area contributed by atoms with E-state index in [-0.39, 0.29) is 11.6 Å². The summed E-state index contributed by atoms with van der Waals surface area (Å²) in [6, 6.07) is 7.65. The third-order valence-corrected chi connectivity index (χ3v) is 5.75. The molecule has 1 aliphatic rings. The first-order valence-corrected chi connectivity index (χ1v) is 10.0. The summed E-state index contributed by atoms with van der Waals surface area (Å²) in [6.45, 7) is 7.01. The number of nitrogens with zero attached hydrogens (tertiary/aromatic N) is 3. The summed E-state index contributed by atoms with van der Waals surface area (Å²) in [7, 11) is 0. The number of thiol groups is 1. The molecular formula is C20H22ClN5OS. The number of halogens is 1. The SMILES string of the molecule is C=C(c1cc(Cl)ccc1NS)N1CCCCC1c1cc2[nH]c(=O)c(C)cn2n1. The number of hydrogen-bond acceptors (Lipinski definition) is 5. The van der Waals surface area contributed by atoms with Gasteiger partial charge in [-0.15, -0.1) is 0 Å². The number of aromatic nitrogens is 3. The van der Waals surface area contributed by atoms with Gasteiger partial charge in [-0.2, -0.15) is 5.10 Å². The van der Waals surface area contributed by atoms with Crippen LogP contribution < -0.4 is 10.3 Å². The average molecular weight is 416 g/mol. The van der Waals surface area contributed by atoms with E-state index in [0.29, 0.717) is 16.2 Å². The first kappa shape index (κ1) is 19.0. The molecule has 2 aromatic heterocycles. The van der Waals surface area contributed by atoms with Crippen molar-refractivity contribution in [2.45, 2.75) is 32.2 Å². The summed E-state index contributed by atoms with van der Waals surface area (Å²) in [5, 5.41) is 5.38. The highest BCUT2D eigenvalue weighted by Crippen LogP contribution is 2.38. The van der Waals surface area contributed by atoms with Gasteiger partial charge < -0.3 is 14.6 Å². The van der Waals surface area contributed by atoms with Crippen LogP contribution in [0.4, 0.5) is 5.69 Å². The van der Waals surface area contributed by atoms with Crippen LogP contribution in [0.15, 0.2) is 41.8 Å². The molecule has 0 radical (unpaired) electrons. The van der Waals surface area contributed by atoms with E-state index in [9.17, 15) is 4.79 Å². The third-order valence-electron chi connectivity index (χ3n) is 5.27. The Kier molecular flexibility index (Phi) is 5.12. The van der Waals surface area contributed by atoms with Crippen LogP contribution in [-0.4, -0.2) is 26.0 Å². The Morgan fingerprint density at radius 1 is 1.39 bits per heavy atom. The number of fused-ring (bicyclic) bond motifs is 1. The molecule has 4 rings (SSSR count). The molecule has 146 valence electrons. The molecule has 1 aliphatic heterocycles. The van der Waals surface area contributed by atoms with Gasteiger partial charge in [0.1, 0.15) is 5.65 Å². The predicted molar refractivity (Wildman–Crippen MR) is 117 cm³/mol. The highest BCUT2D eigenvalue weighted by Gasteiger charge is 2.28. The van der Waals surface area contributed by atoms with Crippen molar-refractivity contribution < 1.29 is 0 Å². The van der Waals surface area contributed by atoms with Crippen molar-refractivity contribution in [3.05, 3.63) is 69.2 Å². The molecule has 1 fully saturated rings. The lowest BCUT2D eigenvalue weighted by atomic mass is 9.97. The van der Waals surface area contributed by atoms with Crippen LogP contribution >= 0.6 is 24.4 Å². The highest BCUT2D eigenvalue weighted by molar-refractivity contribution is 7.81. The molecule has 1 unspecified atom stereocenters. The largest absolute Gasteiger partial charge is 0.363 e. The summed E-state index contributed by atoms with van der Waals surface area (Å²) >= 11 is 10.4. The molecule has 1 atom stereocenters. The Morgan fingerprint density at radius 2 is 2.21 bits per heavy atom. The first-order chi connectivity index (χ1) is 13.5. The van der Waals surface area contributed by atoms with Crippen LogP contribution in [0, 0.1) is 6.92 Å². The van der Waals surface area contributed by atoms with E-state index in [4.69, 9.17) is 16.7 Å². The number of anilines is 1. The van der Waals surface area contributed by atoms with Crippen molar-refractivity contribution in [3.8, 4) is 0 Å². The van der Waals surface area contributed by atoms with E-state index in [1.807, 2.05) is 24.3 Å². The zero-order valence-corrected chi connectivity index (χ0v) is 17.2. The number of likely N-dealkylation sites (tertiary alicyclic amines) is 1. The Bertz CT molecular complexity index is 1110. The summed E-state index contributed by atoms with van der Waals surface area (Å²) in [5.41, 5.74) is 4.82. The number of H-pyrrole nitrogens is 1. The van der Waals surface area contributed by atoms with Crippen molar-refractivity contribution >= 4 is 41.4 Å². The minimum Gasteiger partial charge on any atom is -0.363 e. The molecule has 0 bridgehead atoms. The Hall–Kier alpha value is -2.38. The fourth-order valence-corrected chi connectivity index (χ4v) is 4.16. The Labute approximate surface area is 173 Å². The zero-order valence-electron chi connectivity index (χ0n) is 15.6. The number of nitrogens with one attached hydrogen (secondary N) is 2. The lowest BCUT2D eigenvalue weighted by Gasteiger charge is -2.38. The van der Waals surface area contributed by atoms with Gasteiger partial charge in [0.15, 0.2) is 0 Å². The summed E-state index contributed by atoms with van der Waals surface area (Å²) in [6.07, 6.45) is 4.93. The quantitative estimate of drug-likeness (QED) is 0.551. The van der Waals surface area contributed by atoms with E-state index in [2.05, 4.69) is 34.0 Å². The minimum atomic E-state index is -0.0905. The maximum absolute atomic E-state index is 11.9. The number of aryl methyl sites for hydroxylation is 1. The molecular weight excluding hydrogens is 394 g/mol. The van der Waals surface area contributed by atoms with E-state index >= 15 is 0 Å². The van der Waals surface area contributed by atoms with Crippen LogP contribution in [0.3, 0.4) is 0 Å². The highest BCUT2D eigenvalue weighted by atomic mass is 35.5. The minimum absolute atomic E-state index is 0.0803. The van der Waals surface area contributed by atoms with Crippen molar-refractivity contribution in [2.24, 2.45) is 0 Å². The fraction of sp³-hybridized carbons (Fsp3) is 0.300. The second kappa shape index (κ2) is 7.56. The summed E-state index contributed by atoms with van der Waals surface area (Å²) in [4.78, 5) is 17.1. The average Bonchev–Trinajstić information content (AvgIpc) is 3.10. The molecule has 1 saturated heterocycles. The van der Waals surface area contributed by atoms with E-state index in [0.717, 1.165) is 48.4 Å². The van der Waals surface area contributed by atoms with Gasteiger partial charge in [-0.05, 0) is 44.4 Å². The molecule has 1 aromatic carbocycles. The van der Waals surface area contributed by atoms with E-state index < -0.39 is 0 Å². The smallest absolute Gasteiger partial charge is 0.254 e. The molecule has 8 heteroatoms. The van der Waals surface area contributed by atoms with Crippen molar-refractivity contribution in [1.29, 1.82) is 0 Å². The normalized spacial score (nSPS) is 17.1. The van der Waals surface area contributed by atoms with Crippen molar-refractivity contribution in [1.82, 2.24) is 19.5 Å². The van der Waals surface area contributed by atoms with Gasteiger partial charge in [0, 0.05) is 40.7 Å². The first-order valence-electron chi connectivity index (χ1n) is 9.22. The monoisotopic (exact) mass is 415 g/mol. The van der Waals surface area contributed by atoms with Gasteiger partial charge in [0.25, 0.3) is 5.56 Å². The van der Waals surface area contributed by atoms with E-state index in [1.54, 1.807) is 17.6 Å². The maximum Gasteiger partial charge on any atom is 0.254 e. The van der Waals surface area contributed by atoms with Crippen LogP contribution in [0.1, 0.15) is 42.1 Å². The summed E-state index contributed by atoms with van der Waals surface area (Å²) in [5.74, 6) is 0. The molecule has 3 aromatic rings. The van der Waals surface area contributed by atoms with Gasteiger partial charge in [-0.25, -0.2) is 4.52 Å². The van der Waals surface area contributed by atoms with Gasteiger partial charge in [-0.1, -0.05) is 31.0 Å². The topological polar surface area (TPSA) is 65.4 Å². The standard InChI is InChI=1S/C20H22ClN5OS/c1-12-11-26-19(22-20(12)27)10-17(23-26)18-5-3-4-8-25(18)13(2)15-9-14(21)6-7-16(15)24-28/h6-7,9-11,18,24,28H,2-5,8H2,1H3,(H,22,27). The lowest BCUT2D eigenvalue weighted by molar-refractivity contribution is 0.226. The van der Waals surface area contributed by atoms with Crippen molar-refractivity contribution in [3.63, 3.8) is 0 Å². The van der Waals surface area contributed by atoms with Crippen LogP contribution in [0.5, 0.6) is 0 Å². The third kappa shape index (κ3) is 3.40.